The summed E-state index contributed by atoms with van der Waals surface area (Å²) in [7, 11) is 0. The van der Waals surface area contributed by atoms with Crippen LogP contribution in [0, 0.1) is 0 Å². The van der Waals surface area contributed by atoms with Gasteiger partial charge in [0, 0.05) is 6.54 Å². The van der Waals surface area contributed by atoms with Crippen molar-refractivity contribution in [2.24, 2.45) is 5.73 Å². The minimum Gasteiger partial charge on any atom is -0.368 e. The van der Waals surface area contributed by atoms with Crippen LogP contribution >= 0.6 is 11.6 Å². The van der Waals surface area contributed by atoms with Crippen molar-refractivity contribution in [2.75, 3.05) is 12.4 Å². The Morgan fingerprint density at radius 2 is 1.88 bits per heavy atom. The van der Waals surface area contributed by atoms with Crippen LogP contribution in [-0.2, 0) is 16.1 Å². The SMILES string of the molecule is NC(=O)CN(Cc1ccccc1)C(=O)CCl. The van der Waals surface area contributed by atoms with Crippen LogP contribution < -0.4 is 5.73 Å². The molecular formula is C11H13ClN2O2. The predicted octanol–water partition coefficient (Wildman–Crippen LogP) is 0.739. The highest BCUT2D eigenvalue weighted by molar-refractivity contribution is 6.27. The Kier molecular flexibility index (Phi) is 4.79. The zero-order valence-electron chi connectivity index (χ0n) is 8.73. The van der Waals surface area contributed by atoms with Gasteiger partial charge in [0.2, 0.25) is 11.8 Å². The fourth-order valence-corrected chi connectivity index (χ4v) is 1.48. The zero-order valence-corrected chi connectivity index (χ0v) is 9.48. The monoisotopic (exact) mass is 240 g/mol. The number of rotatable bonds is 5. The fourth-order valence-electron chi connectivity index (χ4n) is 1.31. The maximum atomic E-state index is 11.4. The Bertz CT molecular complexity index is 368. The van der Waals surface area contributed by atoms with Crippen LogP contribution in [0.1, 0.15) is 5.56 Å². The molecule has 5 heteroatoms. The third kappa shape index (κ3) is 3.90. The average Bonchev–Trinajstić information content (AvgIpc) is 2.28. The van der Waals surface area contributed by atoms with Crippen molar-refractivity contribution in [1.82, 2.24) is 4.90 Å². The van der Waals surface area contributed by atoms with Gasteiger partial charge in [-0.15, -0.1) is 11.6 Å². The summed E-state index contributed by atoms with van der Waals surface area (Å²) in [5.41, 5.74) is 6.00. The Morgan fingerprint density at radius 1 is 1.25 bits per heavy atom. The number of alkyl halides is 1. The molecule has 0 atom stereocenters. The molecule has 0 unspecified atom stereocenters. The van der Waals surface area contributed by atoms with Gasteiger partial charge in [0.05, 0.1) is 6.54 Å². The molecule has 0 radical (unpaired) electrons. The molecule has 16 heavy (non-hydrogen) atoms. The van der Waals surface area contributed by atoms with Crippen molar-refractivity contribution in [1.29, 1.82) is 0 Å². The normalized spacial score (nSPS) is 9.81. The lowest BCUT2D eigenvalue weighted by molar-refractivity contribution is -0.133. The third-order valence-corrected chi connectivity index (χ3v) is 2.26. The highest BCUT2D eigenvalue weighted by atomic mass is 35.5. The summed E-state index contributed by atoms with van der Waals surface area (Å²) in [6.45, 7) is 0.232. The van der Waals surface area contributed by atoms with Gasteiger partial charge in [-0.3, -0.25) is 9.59 Å². The molecule has 0 bridgehead atoms. The van der Waals surface area contributed by atoms with E-state index in [-0.39, 0.29) is 18.3 Å². The summed E-state index contributed by atoms with van der Waals surface area (Å²) in [5.74, 6) is -1.00. The van der Waals surface area contributed by atoms with Crippen molar-refractivity contribution in [3.05, 3.63) is 35.9 Å². The molecule has 0 saturated heterocycles. The van der Waals surface area contributed by atoms with E-state index in [4.69, 9.17) is 17.3 Å². The lowest BCUT2D eigenvalue weighted by Crippen LogP contribution is -2.38. The number of amides is 2. The molecule has 1 aromatic carbocycles. The van der Waals surface area contributed by atoms with E-state index in [1.54, 1.807) is 0 Å². The smallest absolute Gasteiger partial charge is 0.238 e. The molecule has 2 amide bonds. The predicted molar refractivity (Wildman–Crippen MR) is 61.8 cm³/mol. The molecular weight excluding hydrogens is 228 g/mol. The Balaban J connectivity index is 2.70. The van der Waals surface area contributed by atoms with Crippen LogP contribution in [-0.4, -0.2) is 29.1 Å². The van der Waals surface area contributed by atoms with Gasteiger partial charge in [-0.05, 0) is 5.56 Å². The largest absolute Gasteiger partial charge is 0.368 e. The van der Waals surface area contributed by atoms with Gasteiger partial charge in [0.1, 0.15) is 5.88 Å². The van der Waals surface area contributed by atoms with Gasteiger partial charge >= 0.3 is 0 Å². The number of primary amides is 1. The second-order valence-corrected chi connectivity index (χ2v) is 3.60. The number of hydrogen-bond donors (Lipinski definition) is 1. The van der Waals surface area contributed by atoms with E-state index < -0.39 is 5.91 Å². The minimum absolute atomic E-state index is 0.111. The van der Waals surface area contributed by atoms with Crippen LogP contribution in [0.5, 0.6) is 0 Å². The molecule has 1 aromatic rings. The summed E-state index contributed by atoms with van der Waals surface area (Å²) >= 11 is 5.45. The summed E-state index contributed by atoms with van der Waals surface area (Å²) in [5, 5.41) is 0. The minimum atomic E-state index is -0.547. The number of nitrogens with two attached hydrogens (primary N) is 1. The van der Waals surface area contributed by atoms with Gasteiger partial charge in [-0.1, -0.05) is 30.3 Å². The topological polar surface area (TPSA) is 63.4 Å². The Labute approximate surface area is 99.0 Å². The lowest BCUT2D eigenvalue weighted by atomic mass is 10.2. The molecule has 0 heterocycles. The maximum absolute atomic E-state index is 11.4. The summed E-state index contributed by atoms with van der Waals surface area (Å²) < 4.78 is 0. The van der Waals surface area contributed by atoms with Crippen LogP contribution in [0.25, 0.3) is 0 Å². The first-order valence-corrected chi connectivity index (χ1v) is 5.33. The van der Waals surface area contributed by atoms with Crippen LogP contribution in [0.15, 0.2) is 30.3 Å². The van der Waals surface area contributed by atoms with E-state index in [9.17, 15) is 9.59 Å². The van der Waals surface area contributed by atoms with Gasteiger partial charge in [-0.2, -0.15) is 0 Å². The number of carbonyl (C=O) groups is 2. The molecule has 0 aromatic heterocycles. The zero-order chi connectivity index (χ0) is 12.0. The molecule has 1 rings (SSSR count). The third-order valence-electron chi connectivity index (χ3n) is 2.03. The Morgan fingerprint density at radius 3 is 2.38 bits per heavy atom. The van der Waals surface area contributed by atoms with E-state index >= 15 is 0 Å². The second kappa shape index (κ2) is 6.12. The fraction of sp³-hybridized carbons (Fsp3) is 0.273. The lowest BCUT2D eigenvalue weighted by Gasteiger charge is -2.20. The highest BCUT2D eigenvalue weighted by Gasteiger charge is 2.14. The standard InChI is InChI=1S/C11H13ClN2O2/c12-6-11(16)14(8-10(13)15)7-9-4-2-1-3-5-9/h1-5H,6-8H2,(H2,13,15). The molecule has 4 nitrogen and oxygen atoms in total. The molecule has 0 fully saturated rings. The highest BCUT2D eigenvalue weighted by Crippen LogP contribution is 2.05. The average molecular weight is 241 g/mol. The van der Waals surface area contributed by atoms with Crippen molar-refractivity contribution in [2.45, 2.75) is 6.54 Å². The number of halogens is 1. The summed E-state index contributed by atoms with van der Waals surface area (Å²) in [6.07, 6.45) is 0. The van der Waals surface area contributed by atoms with Gasteiger partial charge in [0.25, 0.3) is 0 Å². The molecule has 0 aliphatic heterocycles. The molecule has 0 saturated carbocycles. The number of benzene rings is 1. The van der Waals surface area contributed by atoms with E-state index in [0.29, 0.717) is 6.54 Å². The second-order valence-electron chi connectivity index (χ2n) is 3.34. The van der Waals surface area contributed by atoms with Gasteiger partial charge in [-0.25, -0.2) is 0 Å². The van der Waals surface area contributed by atoms with Crippen molar-refractivity contribution in [3.8, 4) is 0 Å². The van der Waals surface area contributed by atoms with Gasteiger partial charge in [0.15, 0.2) is 0 Å². The maximum Gasteiger partial charge on any atom is 0.238 e. The van der Waals surface area contributed by atoms with E-state index in [0.717, 1.165) is 5.56 Å². The first-order chi connectivity index (χ1) is 7.63. The van der Waals surface area contributed by atoms with Crippen molar-refractivity contribution in [3.63, 3.8) is 0 Å². The van der Waals surface area contributed by atoms with E-state index in [2.05, 4.69) is 0 Å². The molecule has 0 aliphatic rings. The van der Waals surface area contributed by atoms with Crippen molar-refractivity contribution < 1.29 is 9.59 Å². The molecule has 0 spiro atoms. The van der Waals surface area contributed by atoms with E-state index in [1.165, 1.54) is 4.90 Å². The van der Waals surface area contributed by atoms with Crippen LogP contribution in [0.2, 0.25) is 0 Å². The number of hydrogen-bond acceptors (Lipinski definition) is 2. The number of carbonyl (C=O) groups excluding carboxylic acids is 2. The summed E-state index contributed by atoms with van der Waals surface area (Å²) in [4.78, 5) is 23.6. The van der Waals surface area contributed by atoms with E-state index in [1.807, 2.05) is 30.3 Å². The number of nitrogens with zero attached hydrogens (tertiary/aromatic N) is 1. The van der Waals surface area contributed by atoms with Crippen LogP contribution in [0.3, 0.4) is 0 Å². The van der Waals surface area contributed by atoms with Gasteiger partial charge < -0.3 is 10.6 Å². The molecule has 0 aliphatic carbocycles. The first kappa shape index (κ1) is 12.5. The quantitative estimate of drug-likeness (QED) is 0.772. The molecule has 2 N–H and O–H groups in total. The molecule has 86 valence electrons. The van der Waals surface area contributed by atoms with Crippen LogP contribution in [0.4, 0.5) is 0 Å². The van der Waals surface area contributed by atoms with Crippen molar-refractivity contribution >= 4 is 23.4 Å². The Hall–Kier alpha value is -1.55. The summed E-state index contributed by atoms with van der Waals surface area (Å²) in [6, 6.07) is 9.35. The first-order valence-electron chi connectivity index (χ1n) is 4.79.